The summed E-state index contributed by atoms with van der Waals surface area (Å²) in [6.45, 7) is 8.42. The summed E-state index contributed by atoms with van der Waals surface area (Å²) in [4.78, 5) is 7.63. The summed E-state index contributed by atoms with van der Waals surface area (Å²) < 4.78 is 33.1. The van der Waals surface area contributed by atoms with Gasteiger partial charge >= 0.3 is 0 Å². The zero-order valence-electron chi connectivity index (χ0n) is 15.5. The van der Waals surface area contributed by atoms with Gasteiger partial charge in [-0.1, -0.05) is 37.3 Å². The van der Waals surface area contributed by atoms with Crippen molar-refractivity contribution in [3.05, 3.63) is 29.9 Å². The first kappa shape index (κ1) is 18.4. The van der Waals surface area contributed by atoms with Gasteiger partial charge in [-0.2, -0.15) is 4.31 Å². The molecule has 0 saturated carbocycles. The Morgan fingerprint density at radius 3 is 2.56 bits per heavy atom. The van der Waals surface area contributed by atoms with Crippen LogP contribution in [0.4, 0.5) is 5.13 Å². The third-order valence-corrected chi connectivity index (χ3v) is 7.32. The van der Waals surface area contributed by atoms with Gasteiger partial charge in [0.1, 0.15) is 12.0 Å². The smallest absolute Gasteiger partial charge is 0.220 e. The number of imidazole rings is 1. The lowest BCUT2D eigenvalue weighted by atomic mass is 9.93. The molecule has 4 rings (SSSR count). The monoisotopic (exact) mass is 410 g/mol. The van der Waals surface area contributed by atoms with E-state index >= 15 is 0 Å². The first-order valence-electron chi connectivity index (χ1n) is 8.71. The van der Waals surface area contributed by atoms with Crippen LogP contribution < -0.4 is 4.90 Å². The fourth-order valence-corrected chi connectivity index (χ4v) is 5.29. The second kappa shape index (κ2) is 6.57. The first-order chi connectivity index (χ1) is 12.7. The molecule has 4 heterocycles. The highest BCUT2D eigenvalue weighted by molar-refractivity contribution is 7.88. The lowest BCUT2D eigenvalue weighted by Crippen LogP contribution is -2.49. The topological polar surface area (TPSA) is 96.8 Å². The molecule has 0 bridgehead atoms. The highest BCUT2D eigenvalue weighted by Crippen LogP contribution is 2.28. The summed E-state index contributed by atoms with van der Waals surface area (Å²) in [5.41, 5.74) is 1.42. The van der Waals surface area contributed by atoms with Crippen LogP contribution in [0.25, 0.3) is 4.96 Å². The van der Waals surface area contributed by atoms with Gasteiger partial charge in [0.2, 0.25) is 20.1 Å². The number of sulfonamides is 1. The van der Waals surface area contributed by atoms with Gasteiger partial charge in [0.15, 0.2) is 0 Å². The highest BCUT2D eigenvalue weighted by atomic mass is 32.2. The molecule has 0 aliphatic carbocycles. The van der Waals surface area contributed by atoms with E-state index in [1.807, 2.05) is 10.7 Å². The fourth-order valence-electron chi connectivity index (χ4n) is 2.93. The zero-order valence-corrected chi connectivity index (χ0v) is 17.1. The molecule has 11 heteroatoms. The van der Waals surface area contributed by atoms with Crippen LogP contribution in [0.2, 0.25) is 0 Å². The molecule has 3 aromatic rings. The molecule has 1 fully saturated rings. The van der Waals surface area contributed by atoms with E-state index < -0.39 is 10.0 Å². The van der Waals surface area contributed by atoms with Gasteiger partial charge in [0.25, 0.3) is 0 Å². The molecule has 3 aromatic heterocycles. The van der Waals surface area contributed by atoms with Gasteiger partial charge in [-0.3, -0.25) is 0 Å². The summed E-state index contributed by atoms with van der Waals surface area (Å²) in [5.74, 6) is -0.135. The second-order valence-corrected chi connectivity index (χ2v) is 10.5. The molecule has 146 valence electrons. The average Bonchev–Trinajstić information content (AvgIpc) is 3.29. The third-order valence-electron chi connectivity index (χ3n) is 4.53. The van der Waals surface area contributed by atoms with Crippen molar-refractivity contribution < 1.29 is 12.9 Å². The van der Waals surface area contributed by atoms with Gasteiger partial charge in [0, 0.05) is 37.7 Å². The third kappa shape index (κ3) is 3.71. The Hall–Kier alpha value is -1.98. The second-order valence-electron chi connectivity index (χ2n) is 7.62. The summed E-state index contributed by atoms with van der Waals surface area (Å²) >= 11 is 1.53. The maximum Gasteiger partial charge on any atom is 0.220 e. The maximum absolute atomic E-state index is 12.5. The molecule has 1 aliphatic heterocycles. The Bertz CT molecular complexity index is 993. The molecule has 1 saturated heterocycles. The molecule has 0 spiro atoms. The van der Waals surface area contributed by atoms with Crippen LogP contribution in [0, 0.1) is 0 Å². The van der Waals surface area contributed by atoms with E-state index in [4.69, 9.17) is 4.52 Å². The zero-order chi connectivity index (χ0) is 19.2. The van der Waals surface area contributed by atoms with E-state index in [2.05, 4.69) is 40.9 Å². The number of aromatic nitrogens is 4. The average molecular weight is 411 g/mol. The normalized spacial score (nSPS) is 17.1. The Morgan fingerprint density at radius 2 is 1.96 bits per heavy atom. The molecule has 0 radical (unpaired) electrons. The van der Waals surface area contributed by atoms with Crippen molar-refractivity contribution >= 4 is 31.5 Å². The molecule has 0 amide bonds. The van der Waals surface area contributed by atoms with Gasteiger partial charge in [0.05, 0.1) is 17.6 Å². The number of piperazine rings is 1. The molecular formula is C16H22N6O3S2. The van der Waals surface area contributed by atoms with Crippen molar-refractivity contribution in [3.8, 4) is 0 Å². The minimum Gasteiger partial charge on any atom is -0.364 e. The van der Waals surface area contributed by atoms with Crippen LogP contribution in [0.5, 0.6) is 0 Å². The lowest BCUT2D eigenvalue weighted by Gasteiger charge is -2.33. The van der Waals surface area contributed by atoms with Crippen molar-refractivity contribution in [2.75, 3.05) is 31.1 Å². The SMILES string of the molecule is CC(C)(C)c1cn2nc(N3CCN(S(=O)(=O)Cc4ccon4)CC3)sc2n1. The lowest BCUT2D eigenvalue weighted by molar-refractivity contribution is 0.381. The molecule has 1 aliphatic rings. The van der Waals surface area contributed by atoms with E-state index in [-0.39, 0.29) is 11.2 Å². The fraction of sp³-hybridized carbons (Fsp3) is 0.562. The van der Waals surface area contributed by atoms with E-state index in [1.165, 1.54) is 21.9 Å². The molecule has 9 nitrogen and oxygen atoms in total. The Labute approximate surface area is 161 Å². The summed E-state index contributed by atoms with van der Waals surface area (Å²) in [7, 11) is -3.40. The van der Waals surface area contributed by atoms with Crippen LogP contribution in [0.15, 0.2) is 23.0 Å². The first-order valence-corrected chi connectivity index (χ1v) is 11.1. The van der Waals surface area contributed by atoms with Crippen molar-refractivity contribution in [1.82, 2.24) is 24.1 Å². The van der Waals surface area contributed by atoms with Crippen molar-refractivity contribution in [2.24, 2.45) is 0 Å². The predicted octanol–water partition coefficient (Wildman–Crippen LogP) is 1.73. The number of anilines is 1. The number of hydrogen-bond acceptors (Lipinski definition) is 8. The minimum absolute atomic E-state index is 0.0165. The van der Waals surface area contributed by atoms with Gasteiger partial charge in [-0.05, 0) is 0 Å². The van der Waals surface area contributed by atoms with Crippen molar-refractivity contribution in [2.45, 2.75) is 31.9 Å². The summed E-state index contributed by atoms with van der Waals surface area (Å²) in [5, 5.41) is 9.19. The minimum atomic E-state index is -3.40. The maximum atomic E-state index is 12.5. The Kier molecular flexibility index (Phi) is 4.47. The van der Waals surface area contributed by atoms with Crippen LogP contribution in [0.1, 0.15) is 32.2 Å². The van der Waals surface area contributed by atoms with E-state index in [9.17, 15) is 8.42 Å². The number of nitrogens with zero attached hydrogens (tertiary/aromatic N) is 6. The summed E-state index contributed by atoms with van der Waals surface area (Å²) in [6.07, 6.45) is 3.35. The standard InChI is InChI=1S/C16H22N6O3S2/c1-16(2,3)13-10-22-14(17-13)26-15(18-22)20-5-7-21(8-6-20)27(23,24)11-12-4-9-25-19-12/h4,9-10H,5-8,11H2,1-3H3. The van der Waals surface area contributed by atoms with E-state index in [1.54, 1.807) is 6.07 Å². The van der Waals surface area contributed by atoms with Crippen molar-refractivity contribution in [1.29, 1.82) is 0 Å². The number of fused-ring (bicyclic) bond motifs is 1. The van der Waals surface area contributed by atoms with Crippen LogP contribution >= 0.6 is 11.3 Å². The molecule has 0 N–H and O–H groups in total. The predicted molar refractivity (Wildman–Crippen MR) is 102 cm³/mol. The molecule has 0 aromatic carbocycles. The van der Waals surface area contributed by atoms with Gasteiger partial charge in [-0.15, -0.1) is 5.10 Å². The Balaban J connectivity index is 1.43. The van der Waals surface area contributed by atoms with E-state index in [0.29, 0.717) is 31.9 Å². The molecular weight excluding hydrogens is 388 g/mol. The number of hydrogen-bond donors (Lipinski definition) is 0. The van der Waals surface area contributed by atoms with Crippen LogP contribution in [0.3, 0.4) is 0 Å². The quantitative estimate of drug-likeness (QED) is 0.646. The molecule has 0 unspecified atom stereocenters. The number of rotatable bonds is 4. The van der Waals surface area contributed by atoms with Crippen molar-refractivity contribution in [3.63, 3.8) is 0 Å². The van der Waals surface area contributed by atoms with Crippen LogP contribution in [-0.4, -0.2) is 58.7 Å². The largest absolute Gasteiger partial charge is 0.364 e. The van der Waals surface area contributed by atoms with E-state index in [0.717, 1.165) is 15.8 Å². The molecule has 27 heavy (non-hydrogen) atoms. The van der Waals surface area contributed by atoms with Gasteiger partial charge < -0.3 is 9.42 Å². The highest BCUT2D eigenvalue weighted by Gasteiger charge is 2.29. The summed E-state index contributed by atoms with van der Waals surface area (Å²) in [6, 6.07) is 1.57. The Morgan fingerprint density at radius 1 is 1.22 bits per heavy atom. The molecule has 0 atom stereocenters. The van der Waals surface area contributed by atoms with Crippen LogP contribution in [-0.2, 0) is 21.2 Å². The van der Waals surface area contributed by atoms with Gasteiger partial charge in [-0.25, -0.2) is 17.9 Å².